The summed E-state index contributed by atoms with van der Waals surface area (Å²) >= 11 is 0. The Morgan fingerprint density at radius 3 is 2.29 bits per heavy atom. The quantitative estimate of drug-likeness (QED) is 0.167. The maximum atomic E-state index is 13.3. The SMILES string of the molecule is CC(=O)OC(C)OC(=O)NC(=N)c1ccc(-n2nc(C)n(-c3ccc(CCC(=O)OC4CCCCC4)cc3)c2=O)cc1. The third-order valence-corrected chi connectivity index (χ3v) is 6.84. The Kier molecular flexibility index (Phi) is 9.89. The summed E-state index contributed by atoms with van der Waals surface area (Å²) in [6.45, 7) is 4.29. The van der Waals surface area contributed by atoms with Gasteiger partial charge in [-0.05, 0) is 81.0 Å². The van der Waals surface area contributed by atoms with Crippen LogP contribution in [0.2, 0.25) is 0 Å². The number of alkyl carbamates (subject to hydrolysis) is 1. The highest BCUT2D eigenvalue weighted by Gasteiger charge is 2.18. The summed E-state index contributed by atoms with van der Waals surface area (Å²) in [5.74, 6) is -0.538. The second kappa shape index (κ2) is 13.7. The number of amidine groups is 1. The van der Waals surface area contributed by atoms with Gasteiger partial charge in [0.25, 0.3) is 0 Å². The maximum Gasteiger partial charge on any atom is 0.415 e. The summed E-state index contributed by atoms with van der Waals surface area (Å²) in [4.78, 5) is 48.4. The van der Waals surface area contributed by atoms with Crippen LogP contribution in [-0.2, 0) is 30.2 Å². The van der Waals surface area contributed by atoms with Gasteiger partial charge in [-0.2, -0.15) is 4.68 Å². The number of hydrogen-bond donors (Lipinski definition) is 2. The largest absolute Gasteiger partial charge is 0.462 e. The molecule has 1 unspecified atom stereocenters. The number of carbonyl (C=O) groups is 3. The van der Waals surface area contributed by atoms with Gasteiger partial charge in [-0.1, -0.05) is 18.6 Å². The summed E-state index contributed by atoms with van der Waals surface area (Å²) in [7, 11) is 0. The lowest BCUT2D eigenvalue weighted by Crippen LogP contribution is -2.34. The fourth-order valence-electron chi connectivity index (χ4n) is 4.80. The van der Waals surface area contributed by atoms with Gasteiger partial charge in [0.2, 0.25) is 6.29 Å². The number of amides is 1. The Hall–Kier alpha value is -4.74. The highest BCUT2D eigenvalue weighted by Crippen LogP contribution is 2.21. The first-order valence-corrected chi connectivity index (χ1v) is 13.9. The molecule has 3 aromatic rings. The molecule has 0 radical (unpaired) electrons. The van der Waals surface area contributed by atoms with Crippen LogP contribution >= 0.6 is 0 Å². The van der Waals surface area contributed by atoms with Crippen LogP contribution in [0.5, 0.6) is 0 Å². The van der Waals surface area contributed by atoms with Gasteiger partial charge >= 0.3 is 23.7 Å². The highest BCUT2D eigenvalue weighted by atomic mass is 16.7. The molecule has 222 valence electrons. The molecule has 12 heteroatoms. The van der Waals surface area contributed by atoms with Crippen LogP contribution in [0.15, 0.2) is 53.3 Å². The maximum absolute atomic E-state index is 13.3. The topological polar surface area (TPSA) is 155 Å². The van der Waals surface area contributed by atoms with Crippen molar-refractivity contribution in [3.63, 3.8) is 0 Å². The van der Waals surface area contributed by atoms with E-state index in [1.165, 1.54) is 29.5 Å². The van der Waals surface area contributed by atoms with E-state index in [4.69, 9.17) is 19.6 Å². The minimum atomic E-state index is -1.10. The molecule has 1 aliphatic rings. The average Bonchev–Trinajstić information content (AvgIpc) is 3.25. The zero-order valence-electron chi connectivity index (χ0n) is 23.9. The number of aryl methyl sites for hydroxylation is 2. The van der Waals surface area contributed by atoms with Crippen molar-refractivity contribution in [1.82, 2.24) is 19.7 Å². The summed E-state index contributed by atoms with van der Waals surface area (Å²) in [5, 5.41) is 14.8. The Morgan fingerprint density at radius 2 is 1.64 bits per heavy atom. The van der Waals surface area contributed by atoms with Gasteiger partial charge in [0.1, 0.15) is 17.8 Å². The normalized spacial score (nSPS) is 14.1. The van der Waals surface area contributed by atoms with Crippen molar-refractivity contribution in [3.8, 4) is 11.4 Å². The van der Waals surface area contributed by atoms with E-state index >= 15 is 0 Å². The summed E-state index contributed by atoms with van der Waals surface area (Å²) < 4.78 is 17.9. The molecule has 0 spiro atoms. The molecule has 0 aliphatic heterocycles. The van der Waals surface area contributed by atoms with E-state index in [9.17, 15) is 19.2 Å². The summed E-state index contributed by atoms with van der Waals surface area (Å²) in [5.41, 5.74) is 2.06. The van der Waals surface area contributed by atoms with E-state index in [0.29, 0.717) is 35.6 Å². The van der Waals surface area contributed by atoms with Crippen LogP contribution in [0.25, 0.3) is 11.4 Å². The zero-order valence-corrected chi connectivity index (χ0v) is 23.9. The number of hydrogen-bond acceptors (Lipinski definition) is 9. The third-order valence-electron chi connectivity index (χ3n) is 6.84. The van der Waals surface area contributed by atoms with E-state index < -0.39 is 18.4 Å². The number of rotatable bonds is 9. The van der Waals surface area contributed by atoms with Gasteiger partial charge in [-0.25, -0.2) is 14.2 Å². The second-order valence-corrected chi connectivity index (χ2v) is 10.1. The number of nitrogens with zero attached hydrogens (tertiary/aromatic N) is 3. The number of aromatic nitrogens is 3. The number of carbonyl (C=O) groups excluding carboxylic acids is 3. The van der Waals surface area contributed by atoms with E-state index in [0.717, 1.165) is 31.2 Å². The lowest BCUT2D eigenvalue weighted by Gasteiger charge is -2.21. The highest BCUT2D eigenvalue weighted by molar-refractivity contribution is 6.04. The first-order valence-electron chi connectivity index (χ1n) is 13.9. The number of nitrogens with one attached hydrogen (secondary N) is 2. The molecule has 4 rings (SSSR count). The molecular formula is C30H35N5O7. The minimum absolute atomic E-state index is 0.0488. The Labute approximate surface area is 243 Å². The van der Waals surface area contributed by atoms with Crippen molar-refractivity contribution >= 4 is 23.9 Å². The molecule has 1 fully saturated rings. The van der Waals surface area contributed by atoms with Crippen molar-refractivity contribution < 1.29 is 28.6 Å². The molecule has 2 aromatic carbocycles. The van der Waals surface area contributed by atoms with Crippen LogP contribution in [0, 0.1) is 12.3 Å². The lowest BCUT2D eigenvalue weighted by molar-refractivity contribution is -0.161. The Balaban J connectivity index is 1.37. The van der Waals surface area contributed by atoms with Crippen LogP contribution in [0.4, 0.5) is 4.79 Å². The first kappa shape index (κ1) is 30.2. The van der Waals surface area contributed by atoms with Crippen molar-refractivity contribution in [2.75, 3.05) is 0 Å². The van der Waals surface area contributed by atoms with Gasteiger partial charge in [0.15, 0.2) is 0 Å². The Morgan fingerprint density at radius 1 is 1.00 bits per heavy atom. The average molecular weight is 578 g/mol. The van der Waals surface area contributed by atoms with E-state index in [1.807, 2.05) is 24.3 Å². The smallest absolute Gasteiger partial charge is 0.415 e. The van der Waals surface area contributed by atoms with Crippen molar-refractivity contribution in [2.24, 2.45) is 0 Å². The lowest BCUT2D eigenvalue weighted by atomic mass is 9.98. The molecule has 1 aromatic heterocycles. The minimum Gasteiger partial charge on any atom is -0.462 e. The predicted octanol–water partition coefficient (Wildman–Crippen LogP) is 4.10. The molecule has 2 N–H and O–H groups in total. The third kappa shape index (κ3) is 7.93. The molecule has 0 bridgehead atoms. The van der Waals surface area contributed by atoms with E-state index in [2.05, 4.69) is 10.4 Å². The predicted molar refractivity (Wildman–Crippen MR) is 153 cm³/mol. The van der Waals surface area contributed by atoms with Gasteiger partial charge < -0.3 is 14.2 Å². The van der Waals surface area contributed by atoms with Crippen LogP contribution in [-0.4, -0.2) is 50.6 Å². The van der Waals surface area contributed by atoms with E-state index in [1.54, 1.807) is 31.2 Å². The van der Waals surface area contributed by atoms with Crippen LogP contribution < -0.4 is 11.0 Å². The number of esters is 2. The van der Waals surface area contributed by atoms with Gasteiger partial charge in [-0.15, -0.1) is 5.10 Å². The first-order chi connectivity index (χ1) is 20.1. The Bertz CT molecular complexity index is 1490. The van der Waals surface area contributed by atoms with Gasteiger partial charge in [0.05, 0.1) is 11.4 Å². The fourth-order valence-corrected chi connectivity index (χ4v) is 4.80. The van der Waals surface area contributed by atoms with Crippen molar-refractivity contribution in [2.45, 2.75) is 78.1 Å². The molecule has 0 saturated heterocycles. The molecule has 1 heterocycles. The van der Waals surface area contributed by atoms with Gasteiger partial charge in [0, 0.05) is 25.8 Å². The molecular weight excluding hydrogens is 542 g/mol. The molecule has 1 aliphatic carbocycles. The second-order valence-electron chi connectivity index (χ2n) is 10.1. The van der Waals surface area contributed by atoms with Crippen LogP contribution in [0.1, 0.15) is 69.3 Å². The van der Waals surface area contributed by atoms with Crippen molar-refractivity contribution in [3.05, 3.63) is 76.0 Å². The standard InChI is InChI=1S/C30H35N5O7/c1-19-33-35(25-16-12-23(13-17-25)28(31)32-29(38)41-21(3)40-20(2)36)30(39)34(19)24-14-9-22(10-15-24)11-18-27(37)42-26-7-5-4-6-8-26/h9-10,12-17,21,26H,4-8,11,18H2,1-3H3,(H2,31,32,38). The number of benzene rings is 2. The fraction of sp³-hybridized carbons (Fsp3) is 0.400. The van der Waals surface area contributed by atoms with Gasteiger partial charge in [-0.3, -0.25) is 20.3 Å². The van der Waals surface area contributed by atoms with Crippen molar-refractivity contribution in [1.29, 1.82) is 5.41 Å². The monoisotopic (exact) mass is 577 g/mol. The molecule has 42 heavy (non-hydrogen) atoms. The summed E-state index contributed by atoms with van der Waals surface area (Å²) in [6, 6.07) is 13.7. The zero-order chi connectivity index (χ0) is 30.2. The van der Waals surface area contributed by atoms with Crippen LogP contribution in [0.3, 0.4) is 0 Å². The molecule has 12 nitrogen and oxygen atoms in total. The molecule has 1 atom stereocenters. The molecule has 1 saturated carbocycles. The molecule has 1 amide bonds. The number of ether oxygens (including phenoxy) is 3. The van der Waals surface area contributed by atoms with E-state index in [-0.39, 0.29) is 23.6 Å². The summed E-state index contributed by atoms with van der Waals surface area (Å²) in [6.07, 6.45) is 4.19.